The Bertz CT molecular complexity index is 1310. The van der Waals surface area contributed by atoms with Crippen molar-refractivity contribution in [2.45, 2.75) is 17.7 Å². The fraction of sp³-hybridized carbons (Fsp3) is 0.182. The minimum absolute atomic E-state index is 0.0290. The first-order valence-corrected chi connectivity index (χ1v) is 11.3. The quantitative estimate of drug-likeness (QED) is 0.543. The number of benzene rings is 2. The summed E-state index contributed by atoms with van der Waals surface area (Å²) in [4.78, 5) is 32.2. The topological polar surface area (TPSA) is 141 Å². The van der Waals surface area contributed by atoms with E-state index in [-0.39, 0.29) is 17.1 Å². The van der Waals surface area contributed by atoms with E-state index in [1.165, 1.54) is 30.5 Å². The molecule has 10 heteroatoms. The van der Waals surface area contributed by atoms with Crippen LogP contribution in [0.2, 0.25) is 0 Å². The number of carboxylic acids is 1. The molecule has 32 heavy (non-hydrogen) atoms. The highest BCUT2D eigenvalue weighted by atomic mass is 32.2. The summed E-state index contributed by atoms with van der Waals surface area (Å²) in [5.74, 6) is -3.28. The van der Waals surface area contributed by atoms with Crippen LogP contribution in [0.5, 0.6) is 0 Å². The van der Waals surface area contributed by atoms with Crippen molar-refractivity contribution in [2.75, 3.05) is 10.0 Å². The van der Waals surface area contributed by atoms with Gasteiger partial charge in [-0.05, 0) is 49.2 Å². The second-order valence-corrected chi connectivity index (χ2v) is 9.02. The molecule has 4 rings (SSSR count). The molecule has 0 saturated carbocycles. The standard InChI is InChI=1S/C22H20N4O5S/c27-21(16-5-1-2-6-17(16)22(28)29)24-14-9-11-15(12-10-14)32(30,31)26-20-13-23-18-7-3-4-8-19(18)25-20/h1-4,7-13,16-17H,5-6H2,(H,24,27)(H,25,26)(H,28,29)/p-1/t16-,17-/m1/s1. The van der Waals surface area contributed by atoms with Crippen molar-refractivity contribution in [2.24, 2.45) is 11.8 Å². The SMILES string of the molecule is O=C([O-])[C@@H]1CC=CC[C@H]1C(=O)Nc1ccc(S(=O)(=O)Nc2cnc3ccccc3n2)cc1. The van der Waals surface area contributed by atoms with Gasteiger partial charge in [-0.3, -0.25) is 14.5 Å². The summed E-state index contributed by atoms with van der Waals surface area (Å²) >= 11 is 0. The third-order valence-electron chi connectivity index (χ3n) is 5.19. The monoisotopic (exact) mass is 451 g/mol. The number of allylic oxidation sites excluding steroid dienone is 2. The maximum atomic E-state index is 12.7. The maximum Gasteiger partial charge on any atom is 0.263 e. The predicted molar refractivity (Wildman–Crippen MR) is 116 cm³/mol. The highest BCUT2D eigenvalue weighted by molar-refractivity contribution is 7.92. The number of carboxylic acid groups (broad SMARTS) is 1. The lowest BCUT2D eigenvalue weighted by molar-refractivity contribution is -0.313. The van der Waals surface area contributed by atoms with Crippen LogP contribution in [0.1, 0.15) is 12.8 Å². The molecule has 1 aromatic heterocycles. The first kappa shape index (κ1) is 21.4. The molecule has 2 aromatic carbocycles. The molecule has 0 radical (unpaired) electrons. The lowest BCUT2D eigenvalue weighted by Gasteiger charge is -2.28. The lowest BCUT2D eigenvalue weighted by Crippen LogP contribution is -2.41. The normalized spacial score (nSPS) is 18.2. The molecule has 2 N–H and O–H groups in total. The van der Waals surface area contributed by atoms with Gasteiger partial charge in [-0.15, -0.1) is 0 Å². The number of nitrogens with one attached hydrogen (secondary N) is 2. The molecule has 2 atom stereocenters. The maximum absolute atomic E-state index is 12.7. The summed E-state index contributed by atoms with van der Waals surface area (Å²) in [7, 11) is -3.93. The highest BCUT2D eigenvalue weighted by Crippen LogP contribution is 2.27. The Morgan fingerprint density at radius 2 is 1.59 bits per heavy atom. The smallest absolute Gasteiger partial charge is 0.263 e. The van der Waals surface area contributed by atoms with Crippen LogP contribution in [0, 0.1) is 11.8 Å². The van der Waals surface area contributed by atoms with Gasteiger partial charge in [0.2, 0.25) is 5.91 Å². The molecule has 1 amide bonds. The van der Waals surface area contributed by atoms with Gasteiger partial charge < -0.3 is 15.2 Å². The third-order valence-corrected chi connectivity index (χ3v) is 6.56. The minimum Gasteiger partial charge on any atom is -0.550 e. The number of aromatic nitrogens is 2. The van der Waals surface area contributed by atoms with Crippen molar-refractivity contribution < 1.29 is 23.1 Å². The number of para-hydroxylation sites is 2. The van der Waals surface area contributed by atoms with Gasteiger partial charge in [-0.2, -0.15) is 0 Å². The van der Waals surface area contributed by atoms with Crippen molar-refractivity contribution >= 4 is 44.4 Å². The average Bonchev–Trinajstić information content (AvgIpc) is 2.79. The van der Waals surface area contributed by atoms with Gasteiger partial charge >= 0.3 is 0 Å². The molecule has 0 aliphatic heterocycles. The molecule has 0 spiro atoms. The summed E-state index contributed by atoms with van der Waals surface area (Å²) in [5.41, 5.74) is 1.55. The zero-order valence-electron chi connectivity index (χ0n) is 16.8. The van der Waals surface area contributed by atoms with Gasteiger partial charge in [0.15, 0.2) is 5.82 Å². The van der Waals surface area contributed by atoms with E-state index in [0.717, 1.165) is 0 Å². The molecule has 1 aliphatic rings. The average molecular weight is 451 g/mol. The molecule has 9 nitrogen and oxygen atoms in total. The number of hydrogen-bond acceptors (Lipinski definition) is 7. The molecule has 3 aromatic rings. The van der Waals surface area contributed by atoms with Gasteiger partial charge in [0.25, 0.3) is 10.0 Å². The Balaban J connectivity index is 1.46. The summed E-state index contributed by atoms with van der Waals surface area (Å²) in [6, 6.07) is 12.6. The molecule has 164 valence electrons. The van der Waals surface area contributed by atoms with E-state index in [9.17, 15) is 23.1 Å². The Morgan fingerprint density at radius 1 is 0.938 bits per heavy atom. The van der Waals surface area contributed by atoms with E-state index >= 15 is 0 Å². The second kappa shape index (κ2) is 8.75. The number of amides is 1. The number of carbonyl (C=O) groups excluding carboxylic acids is 2. The minimum atomic E-state index is -3.93. The molecular formula is C22H19N4O5S-. The fourth-order valence-corrected chi connectivity index (χ4v) is 4.51. The first-order valence-electron chi connectivity index (χ1n) is 9.85. The van der Waals surface area contributed by atoms with Crippen LogP contribution in [0.25, 0.3) is 11.0 Å². The summed E-state index contributed by atoms with van der Waals surface area (Å²) in [6.45, 7) is 0. The van der Waals surface area contributed by atoms with E-state index in [4.69, 9.17) is 0 Å². The van der Waals surface area contributed by atoms with Crippen molar-refractivity contribution in [1.82, 2.24) is 9.97 Å². The highest BCUT2D eigenvalue weighted by Gasteiger charge is 2.29. The van der Waals surface area contributed by atoms with Crippen molar-refractivity contribution in [1.29, 1.82) is 0 Å². The van der Waals surface area contributed by atoms with Crippen LogP contribution in [0.15, 0.2) is 71.8 Å². The Kier molecular flexibility index (Phi) is 5.87. The first-order chi connectivity index (χ1) is 15.3. The number of anilines is 2. The van der Waals surface area contributed by atoms with Crippen molar-refractivity contribution in [3.63, 3.8) is 0 Å². The van der Waals surface area contributed by atoms with Gasteiger partial charge in [0.1, 0.15) is 0 Å². The predicted octanol–water partition coefficient (Wildman–Crippen LogP) is 1.70. The van der Waals surface area contributed by atoms with Crippen LogP contribution >= 0.6 is 0 Å². The third kappa shape index (κ3) is 4.59. The number of hydrogen-bond donors (Lipinski definition) is 2. The number of carbonyl (C=O) groups is 2. The zero-order valence-corrected chi connectivity index (χ0v) is 17.6. The second-order valence-electron chi connectivity index (χ2n) is 7.34. The summed E-state index contributed by atoms with van der Waals surface area (Å²) in [5, 5.41) is 13.9. The molecule has 1 aliphatic carbocycles. The largest absolute Gasteiger partial charge is 0.550 e. The number of nitrogens with zero attached hydrogens (tertiary/aromatic N) is 2. The number of rotatable bonds is 6. The zero-order chi connectivity index (χ0) is 22.7. The molecular weight excluding hydrogens is 432 g/mol. The number of fused-ring (bicyclic) bond motifs is 1. The Morgan fingerprint density at radius 3 is 2.28 bits per heavy atom. The van der Waals surface area contributed by atoms with Crippen LogP contribution in [0.4, 0.5) is 11.5 Å². The lowest BCUT2D eigenvalue weighted by atomic mass is 9.82. The van der Waals surface area contributed by atoms with Gasteiger partial charge in [-0.1, -0.05) is 24.3 Å². The molecule has 0 saturated heterocycles. The van der Waals surface area contributed by atoms with Gasteiger partial charge in [-0.25, -0.2) is 13.4 Å². The van der Waals surface area contributed by atoms with Crippen LogP contribution in [-0.4, -0.2) is 30.3 Å². The van der Waals surface area contributed by atoms with E-state index in [1.54, 1.807) is 30.4 Å². The molecule has 0 bridgehead atoms. The van der Waals surface area contributed by atoms with Gasteiger partial charge in [0, 0.05) is 17.6 Å². The Labute approximate surface area is 184 Å². The van der Waals surface area contributed by atoms with Crippen molar-refractivity contribution in [3.05, 3.63) is 66.9 Å². The van der Waals surface area contributed by atoms with Crippen LogP contribution in [0.3, 0.4) is 0 Å². The Hall–Kier alpha value is -3.79. The van der Waals surface area contributed by atoms with Crippen LogP contribution in [-0.2, 0) is 19.6 Å². The number of aliphatic carboxylic acids is 1. The van der Waals surface area contributed by atoms with E-state index in [2.05, 4.69) is 20.0 Å². The van der Waals surface area contributed by atoms with E-state index < -0.39 is 33.7 Å². The van der Waals surface area contributed by atoms with Crippen LogP contribution < -0.4 is 15.1 Å². The number of sulfonamides is 1. The van der Waals surface area contributed by atoms with Gasteiger partial charge in [0.05, 0.1) is 28.0 Å². The fourth-order valence-electron chi connectivity index (χ4n) is 3.52. The molecule has 0 unspecified atom stereocenters. The summed E-state index contributed by atoms with van der Waals surface area (Å²) in [6.07, 6.45) is 5.35. The van der Waals surface area contributed by atoms with E-state index in [1.807, 2.05) is 6.07 Å². The van der Waals surface area contributed by atoms with Crippen molar-refractivity contribution in [3.8, 4) is 0 Å². The van der Waals surface area contributed by atoms with E-state index in [0.29, 0.717) is 23.1 Å². The summed E-state index contributed by atoms with van der Waals surface area (Å²) < 4.78 is 27.8. The molecule has 1 heterocycles. The molecule has 0 fully saturated rings.